The highest BCUT2D eigenvalue weighted by molar-refractivity contribution is 7.86. The molecule has 1 aromatic heterocycles. The van der Waals surface area contributed by atoms with Crippen molar-refractivity contribution >= 4 is 27.2 Å². The first-order valence-corrected chi connectivity index (χ1v) is 18.2. The molecule has 0 saturated carbocycles. The zero-order valence-corrected chi connectivity index (χ0v) is 25.3. The first-order valence-electron chi connectivity index (χ1n) is 12.4. The minimum Gasteiger partial charge on any atom is -0.414 e. The smallest absolute Gasteiger partial charge is 0.335 e. The molecule has 2 aliphatic heterocycles. The van der Waals surface area contributed by atoms with Gasteiger partial charge >= 0.3 is 22.8 Å². The van der Waals surface area contributed by atoms with Crippen LogP contribution in [0.4, 0.5) is 0 Å². The molecule has 2 N–H and O–H groups in total. The summed E-state index contributed by atoms with van der Waals surface area (Å²) in [5, 5.41) is 0. The average Bonchev–Trinajstić information content (AvgIpc) is 3.01. The Hall–Kier alpha value is -1.14. The Morgan fingerprint density at radius 3 is 2.00 bits per heavy atom. The van der Waals surface area contributed by atoms with Gasteiger partial charge in [0.05, 0.1) is 18.4 Å². The Morgan fingerprint density at radius 2 is 1.53 bits per heavy atom. The summed E-state index contributed by atoms with van der Waals surface area (Å²) in [6.45, 7) is 16.7. The van der Waals surface area contributed by atoms with Crippen molar-refractivity contribution in [1.29, 1.82) is 0 Å². The zero-order valence-electron chi connectivity index (χ0n) is 22.5. The molecular weight excluding hydrogens is 524 g/mol. The predicted octanol–water partition coefficient (Wildman–Crippen LogP) is 2.80. The largest absolute Gasteiger partial charge is 0.414 e. The van der Waals surface area contributed by atoms with Crippen LogP contribution in [0.3, 0.4) is 0 Å². The Bertz CT molecular complexity index is 1130. The van der Waals surface area contributed by atoms with Crippen molar-refractivity contribution in [2.75, 3.05) is 12.9 Å². The Balaban J connectivity index is 2.20. The van der Waals surface area contributed by atoms with Crippen molar-refractivity contribution in [3.63, 3.8) is 0 Å². The number of aromatic nitrogens is 2. The van der Waals surface area contributed by atoms with Gasteiger partial charge in [0.2, 0.25) is 0 Å². The van der Waals surface area contributed by atoms with Gasteiger partial charge in [-0.15, -0.1) is 0 Å². The van der Waals surface area contributed by atoms with E-state index in [2.05, 4.69) is 65.4 Å². The number of hydrogen-bond donors (Lipinski definition) is 2. The van der Waals surface area contributed by atoms with Gasteiger partial charge in [-0.25, -0.2) is 4.79 Å². The standard InChI is InChI=1S/C22H40N2O9SSi2/c1-12(2)35(13(3)4)29-11-17-19(32-36(33-35,14(5)6)15(7)8)20(31-34(9,27)28)18(30-17)16-10-23-22(26)24-21(16)25/h10,12-15,17-20H,11H2,1-9H3,(H2,23,24,25,26)/t17-,18-,19?,20+/m0/s1. The van der Waals surface area contributed by atoms with Crippen molar-refractivity contribution < 1.29 is 30.3 Å². The molecule has 0 aliphatic carbocycles. The third kappa shape index (κ3) is 5.50. The molecule has 2 aliphatic rings. The van der Waals surface area contributed by atoms with Gasteiger partial charge in [0.25, 0.3) is 15.7 Å². The van der Waals surface area contributed by atoms with E-state index in [1.54, 1.807) is 0 Å². The van der Waals surface area contributed by atoms with Gasteiger partial charge in [0.1, 0.15) is 24.4 Å². The van der Waals surface area contributed by atoms with Crippen LogP contribution in [0.5, 0.6) is 0 Å². The molecule has 2 saturated heterocycles. The van der Waals surface area contributed by atoms with Crippen molar-refractivity contribution in [3.8, 4) is 0 Å². The van der Waals surface area contributed by atoms with Crippen LogP contribution in [-0.2, 0) is 32.0 Å². The molecule has 11 nitrogen and oxygen atoms in total. The molecule has 0 spiro atoms. The number of nitrogens with one attached hydrogen (secondary N) is 2. The number of H-pyrrole nitrogens is 2. The van der Waals surface area contributed by atoms with Crippen LogP contribution >= 0.6 is 0 Å². The summed E-state index contributed by atoms with van der Waals surface area (Å²) < 4.78 is 57.2. The van der Waals surface area contributed by atoms with Gasteiger partial charge in [0, 0.05) is 6.20 Å². The summed E-state index contributed by atoms with van der Waals surface area (Å²) in [4.78, 5) is 28.9. The summed E-state index contributed by atoms with van der Waals surface area (Å²) in [6.07, 6.45) is -1.73. The maximum absolute atomic E-state index is 12.7. The SMILES string of the molecule is CC(C)[Si]1(C(C)C)OC[C@@H]2O[C@@H](c3c[nH]c(=O)[nH]c3=O)[C@@H](OS(C)(=O)=O)C2O[Si](C(C)C)(C(C)C)O1. The number of rotatable bonds is 7. The Kier molecular flexibility index (Phi) is 8.63. The monoisotopic (exact) mass is 564 g/mol. The van der Waals surface area contributed by atoms with E-state index in [9.17, 15) is 18.0 Å². The highest BCUT2D eigenvalue weighted by atomic mass is 32.2. The van der Waals surface area contributed by atoms with Crippen LogP contribution in [0.2, 0.25) is 22.2 Å². The second-order valence-electron chi connectivity index (χ2n) is 10.9. The molecule has 0 radical (unpaired) electrons. The molecule has 3 rings (SSSR count). The Labute approximate surface area is 214 Å². The third-order valence-electron chi connectivity index (χ3n) is 7.08. The van der Waals surface area contributed by atoms with Gasteiger partial charge in [-0.05, 0) is 22.2 Å². The molecular formula is C22H40N2O9SSi2. The van der Waals surface area contributed by atoms with E-state index in [4.69, 9.17) is 21.9 Å². The minimum atomic E-state index is -3.97. The maximum Gasteiger partial charge on any atom is 0.335 e. The average molecular weight is 565 g/mol. The number of fused-ring (bicyclic) bond motifs is 1. The minimum absolute atomic E-state index is 0.00126. The van der Waals surface area contributed by atoms with E-state index >= 15 is 0 Å². The summed E-state index contributed by atoms with van der Waals surface area (Å²) in [5.41, 5.74) is -1.11. The Morgan fingerprint density at radius 1 is 0.972 bits per heavy atom. The van der Waals surface area contributed by atoms with Crippen LogP contribution in [0.25, 0.3) is 0 Å². The fraction of sp³-hybridized carbons (Fsp3) is 0.818. The molecule has 0 aromatic carbocycles. The molecule has 206 valence electrons. The van der Waals surface area contributed by atoms with E-state index in [1.807, 2.05) is 0 Å². The van der Waals surface area contributed by atoms with Crippen molar-refractivity contribution in [2.24, 2.45) is 0 Å². The molecule has 3 heterocycles. The lowest BCUT2D eigenvalue weighted by atomic mass is 10.0. The number of ether oxygens (including phenoxy) is 1. The molecule has 0 bridgehead atoms. The van der Waals surface area contributed by atoms with Crippen molar-refractivity contribution in [2.45, 2.75) is 102 Å². The summed E-state index contributed by atoms with van der Waals surface area (Å²) in [7, 11) is -9.92. The summed E-state index contributed by atoms with van der Waals surface area (Å²) in [5.74, 6) is 0. The lowest BCUT2D eigenvalue weighted by molar-refractivity contribution is -0.0391. The zero-order chi connectivity index (χ0) is 27.2. The number of aromatic amines is 2. The molecule has 0 amide bonds. The van der Waals surface area contributed by atoms with Gasteiger partial charge in [-0.3, -0.25) is 14.0 Å². The third-order valence-corrected chi connectivity index (χ3v) is 17.9. The number of hydrogen-bond acceptors (Lipinski definition) is 9. The van der Waals surface area contributed by atoms with Crippen LogP contribution in [0.15, 0.2) is 15.8 Å². The topological polar surface area (TPSA) is 146 Å². The maximum atomic E-state index is 12.7. The highest BCUT2D eigenvalue weighted by Crippen LogP contribution is 2.49. The van der Waals surface area contributed by atoms with Crippen LogP contribution < -0.4 is 11.2 Å². The van der Waals surface area contributed by atoms with Gasteiger partial charge in [0.15, 0.2) is 0 Å². The normalized spacial score (nSPS) is 28.5. The first-order chi connectivity index (χ1) is 16.5. The molecule has 14 heteroatoms. The molecule has 36 heavy (non-hydrogen) atoms. The van der Waals surface area contributed by atoms with Crippen molar-refractivity contribution in [1.82, 2.24) is 9.97 Å². The van der Waals surface area contributed by atoms with Gasteiger partial charge in [-0.2, -0.15) is 8.42 Å². The molecule has 1 aromatic rings. The summed E-state index contributed by atoms with van der Waals surface area (Å²) >= 11 is 0. The van der Waals surface area contributed by atoms with E-state index in [-0.39, 0.29) is 34.3 Å². The molecule has 2 fully saturated rings. The van der Waals surface area contributed by atoms with Crippen LogP contribution in [-0.4, -0.2) is 66.7 Å². The quantitative estimate of drug-likeness (QED) is 0.377. The summed E-state index contributed by atoms with van der Waals surface area (Å²) in [6, 6.07) is 0. The predicted molar refractivity (Wildman–Crippen MR) is 139 cm³/mol. The van der Waals surface area contributed by atoms with Crippen LogP contribution in [0, 0.1) is 0 Å². The first kappa shape index (κ1) is 29.4. The lowest BCUT2D eigenvalue weighted by Gasteiger charge is -2.51. The lowest BCUT2D eigenvalue weighted by Crippen LogP contribution is -2.66. The van der Waals surface area contributed by atoms with E-state index in [1.165, 1.54) is 6.20 Å². The van der Waals surface area contributed by atoms with Crippen LogP contribution in [0.1, 0.15) is 67.1 Å². The second-order valence-corrected chi connectivity index (χ2v) is 21.4. The van der Waals surface area contributed by atoms with E-state index < -0.39 is 62.9 Å². The fourth-order valence-electron chi connectivity index (χ4n) is 5.33. The van der Waals surface area contributed by atoms with Crippen molar-refractivity contribution in [3.05, 3.63) is 32.6 Å². The highest BCUT2D eigenvalue weighted by Gasteiger charge is 2.62. The van der Waals surface area contributed by atoms with Gasteiger partial charge in [-0.1, -0.05) is 55.4 Å². The molecule has 1 unspecified atom stereocenters. The fourth-order valence-corrected chi connectivity index (χ4v) is 17.2. The van der Waals surface area contributed by atoms with E-state index in [0.29, 0.717) is 0 Å². The van der Waals surface area contributed by atoms with E-state index in [0.717, 1.165) is 6.26 Å². The second kappa shape index (κ2) is 10.6. The molecule has 4 atom stereocenters. The van der Waals surface area contributed by atoms with Gasteiger partial charge < -0.3 is 22.7 Å².